The Balaban J connectivity index is 1.83. The second-order valence-corrected chi connectivity index (χ2v) is 8.79. The number of halogens is 1. The van der Waals surface area contributed by atoms with Crippen LogP contribution in [0.5, 0.6) is 0 Å². The van der Waals surface area contributed by atoms with Gasteiger partial charge in [0, 0.05) is 32.9 Å². The number of sulfonamides is 1. The normalized spacial score (nSPS) is 14.9. The van der Waals surface area contributed by atoms with E-state index in [4.69, 9.17) is 16.3 Å². The molecule has 1 fully saturated rings. The number of benzene rings is 1. The number of aromatic nitrogens is 2. The van der Waals surface area contributed by atoms with Crippen LogP contribution < -0.4 is 10.2 Å². The van der Waals surface area contributed by atoms with Crippen molar-refractivity contribution in [2.45, 2.75) is 4.90 Å². The van der Waals surface area contributed by atoms with Crippen molar-refractivity contribution >= 4 is 39.2 Å². The van der Waals surface area contributed by atoms with E-state index in [2.05, 4.69) is 15.3 Å². The number of nitrogens with zero attached hydrogens (tertiary/aromatic N) is 4. The molecule has 0 saturated carbocycles. The molecule has 9 nitrogen and oxygen atoms in total. The minimum atomic E-state index is -3.62. The molecule has 2 heterocycles. The monoisotopic (exact) mass is 425 g/mol. The lowest BCUT2D eigenvalue weighted by atomic mass is 10.3. The Morgan fingerprint density at radius 1 is 1.29 bits per heavy atom. The maximum atomic E-state index is 12.7. The van der Waals surface area contributed by atoms with Crippen LogP contribution in [0.2, 0.25) is 5.02 Å². The Morgan fingerprint density at radius 2 is 2.00 bits per heavy atom. The molecule has 1 aliphatic rings. The second kappa shape index (κ2) is 8.39. The first-order chi connectivity index (χ1) is 13.3. The van der Waals surface area contributed by atoms with Crippen LogP contribution in [0.4, 0.5) is 11.6 Å². The number of carbonyl (C=O) groups excluding carboxylic acids is 1. The zero-order valence-electron chi connectivity index (χ0n) is 15.4. The molecule has 0 radical (unpaired) electrons. The van der Waals surface area contributed by atoms with Crippen LogP contribution >= 0.6 is 11.6 Å². The molecule has 2 aromatic rings. The number of hydrogen-bond donors (Lipinski definition) is 1. The molecular weight excluding hydrogens is 406 g/mol. The fraction of sp³-hybridized carbons (Fsp3) is 0.353. The van der Waals surface area contributed by atoms with Crippen LogP contribution in [0, 0.1) is 0 Å². The molecule has 0 unspecified atom stereocenters. The minimum Gasteiger partial charge on any atom is -0.378 e. The van der Waals surface area contributed by atoms with Crippen molar-refractivity contribution in [1.29, 1.82) is 0 Å². The smallest absolute Gasteiger partial charge is 0.276 e. The number of nitrogens with one attached hydrogen (secondary N) is 1. The first-order valence-corrected chi connectivity index (χ1v) is 10.3. The first kappa shape index (κ1) is 20.5. The van der Waals surface area contributed by atoms with Crippen LogP contribution in [0.15, 0.2) is 35.4 Å². The van der Waals surface area contributed by atoms with Gasteiger partial charge in [0.05, 0.1) is 29.3 Å². The SMILES string of the molecule is CN(C)S(=O)(=O)c1cccc(NC(=O)c2nc(N3CCOCC3)ncc2Cl)c1. The molecule has 3 rings (SSSR count). The van der Waals surface area contributed by atoms with E-state index in [1.807, 2.05) is 4.90 Å². The van der Waals surface area contributed by atoms with Crippen LogP contribution in [-0.4, -0.2) is 69.0 Å². The fourth-order valence-corrected chi connectivity index (χ4v) is 3.69. The highest BCUT2D eigenvalue weighted by Gasteiger charge is 2.21. The van der Waals surface area contributed by atoms with Crippen LogP contribution in [-0.2, 0) is 14.8 Å². The highest BCUT2D eigenvalue weighted by atomic mass is 35.5. The lowest BCUT2D eigenvalue weighted by molar-refractivity contribution is 0.102. The average Bonchev–Trinajstić information content (AvgIpc) is 2.69. The van der Waals surface area contributed by atoms with Gasteiger partial charge < -0.3 is 15.0 Å². The lowest BCUT2D eigenvalue weighted by Crippen LogP contribution is -2.37. The number of anilines is 2. The van der Waals surface area contributed by atoms with E-state index in [1.165, 1.54) is 32.4 Å². The van der Waals surface area contributed by atoms with Gasteiger partial charge in [0.25, 0.3) is 5.91 Å². The summed E-state index contributed by atoms with van der Waals surface area (Å²) in [6.45, 7) is 2.35. The van der Waals surface area contributed by atoms with E-state index in [0.29, 0.717) is 37.9 Å². The van der Waals surface area contributed by atoms with Gasteiger partial charge in [0.2, 0.25) is 16.0 Å². The average molecular weight is 426 g/mol. The minimum absolute atomic E-state index is 0.0130. The summed E-state index contributed by atoms with van der Waals surface area (Å²) < 4.78 is 30.9. The number of ether oxygens (including phenoxy) is 1. The Morgan fingerprint density at radius 3 is 2.68 bits per heavy atom. The van der Waals surface area contributed by atoms with E-state index in [-0.39, 0.29) is 15.6 Å². The Hall–Kier alpha value is -2.27. The van der Waals surface area contributed by atoms with E-state index in [0.717, 1.165) is 4.31 Å². The van der Waals surface area contributed by atoms with Crippen molar-refractivity contribution in [3.63, 3.8) is 0 Å². The largest absolute Gasteiger partial charge is 0.378 e. The van der Waals surface area contributed by atoms with E-state index < -0.39 is 15.9 Å². The predicted octanol–water partition coefficient (Wildman–Crippen LogP) is 1.47. The van der Waals surface area contributed by atoms with E-state index in [9.17, 15) is 13.2 Å². The van der Waals surface area contributed by atoms with Crippen molar-refractivity contribution in [3.8, 4) is 0 Å². The van der Waals surface area contributed by atoms with Gasteiger partial charge in [0.1, 0.15) is 0 Å². The predicted molar refractivity (Wildman–Crippen MR) is 105 cm³/mol. The van der Waals surface area contributed by atoms with Crippen molar-refractivity contribution < 1.29 is 17.9 Å². The van der Waals surface area contributed by atoms with Gasteiger partial charge in [-0.15, -0.1) is 0 Å². The van der Waals surface area contributed by atoms with Crippen LogP contribution in [0.25, 0.3) is 0 Å². The molecule has 1 aromatic heterocycles. The summed E-state index contributed by atoms with van der Waals surface area (Å²) in [6.07, 6.45) is 1.38. The summed E-state index contributed by atoms with van der Waals surface area (Å²) in [5.41, 5.74) is 0.328. The quantitative estimate of drug-likeness (QED) is 0.773. The number of carbonyl (C=O) groups is 1. The third-order valence-electron chi connectivity index (χ3n) is 4.11. The molecule has 0 aliphatic carbocycles. The molecule has 1 saturated heterocycles. The molecule has 150 valence electrons. The summed E-state index contributed by atoms with van der Waals surface area (Å²) in [7, 11) is -0.740. The highest BCUT2D eigenvalue weighted by molar-refractivity contribution is 7.89. The molecule has 0 spiro atoms. The molecule has 0 bridgehead atoms. The lowest BCUT2D eigenvalue weighted by Gasteiger charge is -2.26. The molecule has 28 heavy (non-hydrogen) atoms. The molecule has 1 aliphatic heterocycles. The first-order valence-electron chi connectivity index (χ1n) is 8.48. The molecule has 1 amide bonds. The van der Waals surface area contributed by atoms with E-state index in [1.54, 1.807) is 12.1 Å². The highest BCUT2D eigenvalue weighted by Crippen LogP contribution is 2.21. The van der Waals surface area contributed by atoms with Gasteiger partial charge in [-0.2, -0.15) is 0 Å². The summed E-state index contributed by atoms with van der Waals surface area (Å²) in [6, 6.07) is 5.97. The van der Waals surface area contributed by atoms with Gasteiger partial charge in [-0.05, 0) is 18.2 Å². The van der Waals surface area contributed by atoms with Crippen molar-refractivity contribution in [1.82, 2.24) is 14.3 Å². The van der Waals surface area contributed by atoms with Crippen LogP contribution in [0.1, 0.15) is 10.5 Å². The summed E-state index contributed by atoms with van der Waals surface area (Å²) in [5.74, 6) is -0.164. The number of rotatable bonds is 5. The molecular formula is C17H20ClN5O4S. The number of amides is 1. The van der Waals surface area contributed by atoms with Gasteiger partial charge in [-0.1, -0.05) is 17.7 Å². The van der Waals surface area contributed by atoms with Crippen molar-refractivity contribution in [3.05, 3.63) is 41.2 Å². The molecule has 11 heteroatoms. The summed E-state index contributed by atoms with van der Waals surface area (Å²) >= 11 is 6.11. The number of morpholine rings is 1. The topological polar surface area (TPSA) is 105 Å². The van der Waals surface area contributed by atoms with E-state index >= 15 is 0 Å². The Bertz CT molecular complexity index is 977. The summed E-state index contributed by atoms with van der Waals surface area (Å²) in [4.78, 5) is 23.1. The fourth-order valence-electron chi connectivity index (χ4n) is 2.57. The van der Waals surface area contributed by atoms with Crippen molar-refractivity contribution in [2.75, 3.05) is 50.6 Å². The van der Waals surface area contributed by atoms with Gasteiger partial charge in [0.15, 0.2) is 5.69 Å². The molecule has 1 N–H and O–H groups in total. The van der Waals surface area contributed by atoms with Crippen LogP contribution in [0.3, 0.4) is 0 Å². The zero-order valence-corrected chi connectivity index (χ0v) is 17.0. The van der Waals surface area contributed by atoms with Gasteiger partial charge in [-0.3, -0.25) is 4.79 Å². The Kier molecular flexibility index (Phi) is 6.14. The molecule has 0 atom stereocenters. The van der Waals surface area contributed by atoms with Gasteiger partial charge in [-0.25, -0.2) is 22.7 Å². The standard InChI is InChI=1S/C17H20ClN5O4S/c1-22(2)28(25,26)13-5-3-4-12(10-13)20-16(24)15-14(18)11-19-17(21-15)23-6-8-27-9-7-23/h3-5,10-11H,6-9H2,1-2H3,(H,20,24). The third kappa shape index (κ3) is 4.41. The maximum absolute atomic E-state index is 12.7. The number of hydrogen-bond acceptors (Lipinski definition) is 7. The second-order valence-electron chi connectivity index (χ2n) is 6.24. The maximum Gasteiger partial charge on any atom is 0.276 e. The third-order valence-corrected chi connectivity index (χ3v) is 6.20. The van der Waals surface area contributed by atoms with Gasteiger partial charge >= 0.3 is 0 Å². The zero-order chi connectivity index (χ0) is 20.3. The van der Waals surface area contributed by atoms with Crippen molar-refractivity contribution in [2.24, 2.45) is 0 Å². The Labute approximate surface area is 168 Å². The molecule has 1 aromatic carbocycles. The summed E-state index contributed by atoms with van der Waals surface area (Å²) in [5, 5.41) is 2.74.